The Morgan fingerprint density at radius 2 is 2.50 bits per heavy atom. The normalized spacial score (nSPS) is 17.9. The van der Waals surface area contributed by atoms with E-state index >= 15 is 0 Å². The molecule has 0 fully saturated rings. The summed E-state index contributed by atoms with van der Waals surface area (Å²) >= 11 is 0. The minimum atomic E-state index is 0.289. The van der Waals surface area contributed by atoms with E-state index in [1.54, 1.807) is 0 Å². The molecule has 10 heavy (non-hydrogen) atoms. The highest BCUT2D eigenvalue weighted by Crippen LogP contribution is 2.16. The number of ether oxygens (including phenoxy) is 1. The SMILES string of the molecule is OCCCC1=COCCC1. The second-order valence-corrected chi connectivity index (χ2v) is 2.58. The van der Waals surface area contributed by atoms with E-state index in [0.717, 1.165) is 32.3 Å². The van der Waals surface area contributed by atoms with Crippen molar-refractivity contribution in [1.29, 1.82) is 0 Å². The largest absolute Gasteiger partial charge is 0.501 e. The van der Waals surface area contributed by atoms with Crippen molar-refractivity contribution < 1.29 is 9.84 Å². The quantitative estimate of drug-likeness (QED) is 0.646. The van der Waals surface area contributed by atoms with Crippen LogP contribution in [0.1, 0.15) is 25.7 Å². The molecule has 0 radical (unpaired) electrons. The predicted octanol–water partition coefficient (Wildman–Crippen LogP) is 1.45. The van der Waals surface area contributed by atoms with Crippen molar-refractivity contribution >= 4 is 0 Å². The zero-order valence-electron chi connectivity index (χ0n) is 6.18. The first-order valence-electron chi connectivity index (χ1n) is 3.84. The van der Waals surface area contributed by atoms with Gasteiger partial charge in [0, 0.05) is 6.61 Å². The van der Waals surface area contributed by atoms with Gasteiger partial charge in [-0.1, -0.05) is 0 Å². The van der Waals surface area contributed by atoms with Gasteiger partial charge in [-0.25, -0.2) is 0 Å². The summed E-state index contributed by atoms with van der Waals surface area (Å²) in [6.07, 6.45) is 6.00. The van der Waals surface area contributed by atoms with Crippen LogP contribution >= 0.6 is 0 Å². The minimum absolute atomic E-state index is 0.289. The van der Waals surface area contributed by atoms with E-state index in [9.17, 15) is 0 Å². The number of rotatable bonds is 3. The summed E-state index contributed by atoms with van der Waals surface area (Å²) in [7, 11) is 0. The third-order valence-corrected chi connectivity index (χ3v) is 1.67. The topological polar surface area (TPSA) is 29.5 Å². The van der Waals surface area contributed by atoms with Gasteiger partial charge in [0.1, 0.15) is 0 Å². The third-order valence-electron chi connectivity index (χ3n) is 1.67. The van der Waals surface area contributed by atoms with Gasteiger partial charge < -0.3 is 9.84 Å². The molecule has 0 spiro atoms. The molecule has 0 saturated carbocycles. The van der Waals surface area contributed by atoms with Gasteiger partial charge in [-0.15, -0.1) is 0 Å². The standard InChI is InChI=1S/C8H14O2/c9-5-1-3-8-4-2-6-10-7-8/h7,9H,1-6H2. The Hall–Kier alpha value is -0.500. The van der Waals surface area contributed by atoms with E-state index in [1.165, 1.54) is 5.57 Å². The van der Waals surface area contributed by atoms with E-state index in [4.69, 9.17) is 9.84 Å². The van der Waals surface area contributed by atoms with E-state index in [-0.39, 0.29) is 6.61 Å². The molecule has 2 heteroatoms. The number of aliphatic hydroxyl groups is 1. The lowest BCUT2D eigenvalue weighted by Gasteiger charge is -2.12. The molecule has 0 unspecified atom stereocenters. The van der Waals surface area contributed by atoms with Gasteiger partial charge in [-0.05, 0) is 31.3 Å². The first kappa shape index (κ1) is 7.61. The van der Waals surface area contributed by atoms with E-state index in [0.29, 0.717) is 0 Å². The highest BCUT2D eigenvalue weighted by Gasteiger charge is 2.02. The maximum absolute atomic E-state index is 8.53. The molecule has 2 nitrogen and oxygen atoms in total. The zero-order valence-corrected chi connectivity index (χ0v) is 6.18. The third kappa shape index (κ3) is 2.40. The maximum Gasteiger partial charge on any atom is 0.0876 e. The van der Waals surface area contributed by atoms with Gasteiger partial charge >= 0.3 is 0 Å². The van der Waals surface area contributed by atoms with Crippen LogP contribution in [0.3, 0.4) is 0 Å². The average Bonchev–Trinajstić information content (AvgIpc) is 2.03. The van der Waals surface area contributed by atoms with Crippen LogP contribution in [0, 0.1) is 0 Å². The smallest absolute Gasteiger partial charge is 0.0876 e. The fraction of sp³-hybridized carbons (Fsp3) is 0.750. The number of hydrogen-bond acceptors (Lipinski definition) is 2. The zero-order chi connectivity index (χ0) is 7.23. The van der Waals surface area contributed by atoms with Gasteiger partial charge in [0.15, 0.2) is 0 Å². The Morgan fingerprint density at radius 1 is 1.60 bits per heavy atom. The number of hydrogen-bond donors (Lipinski definition) is 1. The van der Waals surface area contributed by atoms with Gasteiger partial charge in [-0.3, -0.25) is 0 Å². The summed E-state index contributed by atoms with van der Waals surface area (Å²) in [5.41, 5.74) is 1.35. The highest BCUT2D eigenvalue weighted by molar-refractivity contribution is 4.99. The molecule has 1 heterocycles. The van der Waals surface area contributed by atoms with Crippen LogP contribution in [0.25, 0.3) is 0 Å². The highest BCUT2D eigenvalue weighted by atomic mass is 16.5. The van der Waals surface area contributed by atoms with Crippen molar-refractivity contribution in [3.63, 3.8) is 0 Å². The van der Waals surface area contributed by atoms with Crippen molar-refractivity contribution in [1.82, 2.24) is 0 Å². The Morgan fingerprint density at radius 3 is 3.10 bits per heavy atom. The summed E-state index contributed by atoms with van der Waals surface area (Å²) in [5, 5.41) is 8.53. The van der Waals surface area contributed by atoms with Gasteiger partial charge in [0.25, 0.3) is 0 Å². The molecule has 0 aromatic heterocycles. The predicted molar refractivity (Wildman–Crippen MR) is 39.6 cm³/mol. The van der Waals surface area contributed by atoms with Crippen molar-refractivity contribution in [3.05, 3.63) is 11.8 Å². The molecule has 0 aromatic carbocycles. The van der Waals surface area contributed by atoms with Crippen LogP contribution in [0.4, 0.5) is 0 Å². The van der Waals surface area contributed by atoms with Gasteiger partial charge in [0.2, 0.25) is 0 Å². The first-order valence-corrected chi connectivity index (χ1v) is 3.84. The fourth-order valence-corrected chi connectivity index (χ4v) is 1.11. The second-order valence-electron chi connectivity index (χ2n) is 2.58. The van der Waals surface area contributed by atoms with E-state index in [1.807, 2.05) is 6.26 Å². The Kier molecular flexibility index (Phi) is 3.30. The lowest BCUT2D eigenvalue weighted by Crippen LogP contribution is -1.99. The molecular formula is C8H14O2. The molecular weight excluding hydrogens is 128 g/mol. The van der Waals surface area contributed by atoms with Crippen LogP contribution in [0.15, 0.2) is 11.8 Å². The monoisotopic (exact) mass is 142 g/mol. The molecule has 0 saturated heterocycles. The Labute approximate surface area is 61.5 Å². The van der Waals surface area contributed by atoms with Crippen molar-refractivity contribution in [2.24, 2.45) is 0 Å². The molecule has 1 N–H and O–H groups in total. The van der Waals surface area contributed by atoms with Crippen molar-refractivity contribution in [2.45, 2.75) is 25.7 Å². The van der Waals surface area contributed by atoms with Crippen LogP contribution in [-0.4, -0.2) is 18.3 Å². The summed E-state index contributed by atoms with van der Waals surface area (Å²) in [4.78, 5) is 0. The first-order chi connectivity index (χ1) is 4.93. The molecule has 1 aliphatic heterocycles. The molecule has 0 aromatic rings. The van der Waals surface area contributed by atoms with Crippen LogP contribution in [0.5, 0.6) is 0 Å². The lowest BCUT2D eigenvalue weighted by atomic mass is 10.1. The van der Waals surface area contributed by atoms with Gasteiger partial charge in [-0.2, -0.15) is 0 Å². The number of allylic oxidation sites excluding steroid dienone is 1. The van der Waals surface area contributed by atoms with E-state index in [2.05, 4.69) is 0 Å². The molecule has 0 aliphatic carbocycles. The fourth-order valence-electron chi connectivity index (χ4n) is 1.11. The number of aliphatic hydroxyl groups excluding tert-OH is 1. The van der Waals surface area contributed by atoms with Crippen LogP contribution < -0.4 is 0 Å². The van der Waals surface area contributed by atoms with Crippen molar-refractivity contribution in [3.8, 4) is 0 Å². The Bertz CT molecular complexity index is 118. The Balaban J connectivity index is 2.18. The minimum Gasteiger partial charge on any atom is -0.501 e. The molecule has 0 bridgehead atoms. The summed E-state index contributed by atoms with van der Waals surface area (Å²) in [6, 6.07) is 0. The lowest BCUT2D eigenvalue weighted by molar-refractivity contribution is 0.220. The van der Waals surface area contributed by atoms with Crippen molar-refractivity contribution in [2.75, 3.05) is 13.2 Å². The second kappa shape index (κ2) is 4.34. The van der Waals surface area contributed by atoms with Gasteiger partial charge in [0.05, 0.1) is 12.9 Å². The molecule has 0 atom stereocenters. The molecule has 0 amide bonds. The van der Waals surface area contributed by atoms with Crippen LogP contribution in [0.2, 0.25) is 0 Å². The maximum atomic E-state index is 8.53. The summed E-state index contributed by atoms with van der Waals surface area (Å²) in [6.45, 7) is 1.15. The average molecular weight is 142 g/mol. The van der Waals surface area contributed by atoms with Crippen LogP contribution in [-0.2, 0) is 4.74 Å². The molecule has 1 rings (SSSR count). The van der Waals surface area contributed by atoms with E-state index < -0.39 is 0 Å². The summed E-state index contributed by atoms with van der Waals surface area (Å²) in [5.74, 6) is 0. The molecule has 58 valence electrons. The summed E-state index contributed by atoms with van der Waals surface area (Å²) < 4.78 is 5.14. The molecule has 1 aliphatic rings.